The molecule has 4 aromatic rings. The Bertz CT molecular complexity index is 1080. The van der Waals surface area contributed by atoms with E-state index in [9.17, 15) is 0 Å². The summed E-state index contributed by atoms with van der Waals surface area (Å²) in [5, 5.41) is 5.52. The van der Waals surface area contributed by atoms with E-state index < -0.39 is 0 Å². The number of hydrogen-bond donors (Lipinski definition) is 1. The van der Waals surface area contributed by atoms with Crippen molar-refractivity contribution in [3.63, 3.8) is 0 Å². The second-order valence-corrected chi connectivity index (χ2v) is 8.00. The van der Waals surface area contributed by atoms with Gasteiger partial charge in [-0.15, -0.1) is 0 Å². The Hall–Kier alpha value is -1.68. The first-order valence-corrected chi connectivity index (χ1v) is 9.44. The Labute approximate surface area is 157 Å². The first-order chi connectivity index (χ1) is 11.6. The molecule has 0 bridgehead atoms. The van der Waals surface area contributed by atoms with E-state index in [0.717, 1.165) is 20.1 Å². The van der Waals surface area contributed by atoms with Crippen LogP contribution < -0.4 is 5.73 Å². The van der Waals surface area contributed by atoms with Crippen LogP contribution in [0.2, 0.25) is 5.02 Å². The molecule has 0 radical (unpaired) electrons. The average Bonchev–Trinajstić information content (AvgIpc) is 2.58. The van der Waals surface area contributed by atoms with E-state index in [1.165, 1.54) is 26.4 Å². The maximum atomic E-state index is 6.20. The van der Waals surface area contributed by atoms with Crippen LogP contribution in [-0.2, 0) is 0 Å². The summed E-state index contributed by atoms with van der Waals surface area (Å²) >= 11 is 11.4. The van der Waals surface area contributed by atoms with Crippen molar-refractivity contribution in [3.8, 4) is 0 Å². The van der Waals surface area contributed by atoms with Gasteiger partial charge in [-0.1, -0.05) is 69.6 Å². The van der Waals surface area contributed by atoms with Crippen LogP contribution in [0.3, 0.4) is 0 Å². The quantitative estimate of drug-likeness (QED) is 0.278. The lowest BCUT2D eigenvalue weighted by atomic mass is 10.0. The molecule has 4 rings (SSSR count). The van der Waals surface area contributed by atoms with Gasteiger partial charge in [-0.3, -0.25) is 0 Å². The molecular formula is C20H13BrClNS. The minimum atomic E-state index is 0.754. The standard InChI is InChI=1S/C20H13BrClNS/c21-13-6-9-18(23)20(10-13)24-19-3-1-2-15-16(19)8-5-12-4-7-14(22)11-17(12)15/h1-11H,23H2. The highest BCUT2D eigenvalue weighted by molar-refractivity contribution is 9.10. The Morgan fingerprint density at radius 1 is 0.792 bits per heavy atom. The topological polar surface area (TPSA) is 26.0 Å². The molecule has 0 atom stereocenters. The molecule has 0 aliphatic carbocycles. The third-order valence-electron chi connectivity index (χ3n) is 4.00. The summed E-state index contributed by atoms with van der Waals surface area (Å²) < 4.78 is 1.02. The molecule has 0 fully saturated rings. The van der Waals surface area contributed by atoms with E-state index in [1.807, 2.05) is 24.3 Å². The maximum absolute atomic E-state index is 6.20. The summed E-state index contributed by atoms with van der Waals surface area (Å²) in [6, 6.07) is 22.6. The van der Waals surface area contributed by atoms with Gasteiger partial charge >= 0.3 is 0 Å². The van der Waals surface area contributed by atoms with Gasteiger partial charge in [-0.25, -0.2) is 0 Å². The molecule has 2 N–H and O–H groups in total. The van der Waals surface area contributed by atoms with Crippen LogP contribution in [0.25, 0.3) is 21.5 Å². The number of anilines is 1. The monoisotopic (exact) mass is 413 g/mol. The smallest absolute Gasteiger partial charge is 0.0456 e. The van der Waals surface area contributed by atoms with E-state index in [4.69, 9.17) is 17.3 Å². The minimum absolute atomic E-state index is 0.754. The molecule has 0 aliphatic heterocycles. The zero-order valence-electron chi connectivity index (χ0n) is 12.6. The number of fused-ring (bicyclic) bond motifs is 3. The number of hydrogen-bond acceptors (Lipinski definition) is 2. The van der Waals surface area contributed by atoms with E-state index in [-0.39, 0.29) is 0 Å². The van der Waals surface area contributed by atoms with Crippen molar-refractivity contribution in [2.45, 2.75) is 9.79 Å². The average molecular weight is 415 g/mol. The molecule has 4 heteroatoms. The second-order valence-electron chi connectivity index (χ2n) is 5.57. The molecule has 0 saturated heterocycles. The fourth-order valence-electron chi connectivity index (χ4n) is 2.84. The van der Waals surface area contributed by atoms with Crippen LogP contribution in [0, 0.1) is 0 Å². The van der Waals surface area contributed by atoms with Crippen LogP contribution in [-0.4, -0.2) is 0 Å². The molecule has 0 heterocycles. The van der Waals surface area contributed by atoms with E-state index in [0.29, 0.717) is 0 Å². The Morgan fingerprint density at radius 3 is 2.50 bits per heavy atom. The van der Waals surface area contributed by atoms with Crippen LogP contribution >= 0.6 is 39.3 Å². The summed E-state index contributed by atoms with van der Waals surface area (Å²) in [6.07, 6.45) is 0. The molecule has 0 aromatic heterocycles. The first-order valence-electron chi connectivity index (χ1n) is 7.46. The molecule has 1 nitrogen and oxygen atoms in total. The molecular weight excluding hydrogens is 402 g/mol. The van der Waals surface area contributed by atoms with Gasteiger partial charge in [0, 0.05) is 25.0 Å². The predicted octanol–water partition coefficient (Wildman–Crippen LogP) is 7.14. The van der Waals surface area contributed by atoms with Gasteiger partial charge in [0.1, 0.15) is 0 Å². The van der Waals surface area contributed by atoms with Crippen molar-refractivity contribution < 1.29 is 0 Å². The molecule has 0 amide bonds. The van der Waals surface area contributed by atoms with Gasteiger partial charge < -0.3 is 5.73 Å². The van der Waals surface area contributed by atoms with Crippen LogP contribution in [0.1, 0.15) is 0 Å². The third-order valence-corrected chi connectivity index (χ3v) is 5.87. The number of halogens is 2. The zero-order valence-corrected chi connectivity index (χ0v) is 15.8. The van der Waals surface area contributed by atoms with Crippen molar-refractivity contribution >= 4 is 66.5 Å². The predicted molar refractivity (Wildman–Crippen MR) is 109 cm³/mol. The summed E-state index contributed by atoms with van der Waals surface area (Å²) in [5.41, 5.74) is 6.91. The fourth-order valence-corrected chi connectivity index (χ4v) is 4.56. The largest absolute Gasteiger partial charge is 0.398 e. The van der Waals surface area contributed by atoms with E-state index in [1.54, 1.807) is 11.8 Å². The van der Waals surface area contributed by atoms with Crippen molar-refractivity contribution in [2.24, 2.45) is 0 Å². The zero-order chi connectivity index (χ0) is 16.7. The first kappa shape index (κ1) is 15.8. The van der Waals surface area contributed by atoms with Gasteiger partial charge in [0.25, 0.3) is 0 Å². The van der Waals surface area contributed by atoms with Crippen molar-refractivity contribution in [3.05, 3.63) is 76.2 Å². The van der Waals surface area contributed by atoms with Gasteiger partial charge in [-0.2, -0.15) is 0 Å². The SMILES string of the molecule is Nc1ccc(Br)cc1Sc1cccc2c1ccc1ccc(Cl)cc12. The molecule has 0 aliphatic rings. The van der Waals surface area contributed by atoms with Crippen LogP contribution in [0.4, 0.5) is 5.69 Å². The summed E-state index contributed by atoms with van der Waals surface area (Å²) in [7, 11) is 0. The molecule has 0 unspecified atom stereocenters. The third kappa shape index (κ3) is 2.88. The maximum Gasteiger partial charge on any atom is 0.0456 e. The highest BCUT2D eigenvalue weighted by atomic mass is 79.9. The van der Waals surface area contributed by atoms with Gasteiger partial charge in [-0.05, 0) is 57.9 Å². The molecule has 4 aromatic carbocycles. The molecule has 0 saturated carbocycles. The molecule has 0 spiro atoms. The lowest BCUT2D eigenvalue weighted by molar-refractivity contribution is 1.42. The Balaban J connectivity index is 1.91. The minimum Gasteiger partial charge on any atom is -0.398 e. The highest BCUT2D eigenvalue weighted by Gasteiger charge is 2.09. The lowest BCUT2D eigenvalue weighted by Crippen LogP contribution is -1.88. The highest BCUT2D eigenvalue weighted by Crippen LogP contribution is 2.39. The summed E-state index contributed by atoms with van der Waals surface area (Å²) in [6.45, 7) is 0. The second kappa shape index (κ2) is 6.32. The molecule has 118 valence electrons. The van der Waals surface area contributed by atoms with Crippen molar-refractivity contribution in [2.75, 3.05) is 5.73 Å². The summed E-state index contributed by atoms with van der Waals surface area (Å²) in [5.74, 6) is 0. The van der Waals surface area contributed by atoms with Gasteiger partial charge in [0.2, 0.25) is 0 Å². The van der Waals surface area contributed by atoms with Crippen LogP contribution in [0.5, 0.6) is 0 Å². The van der Waals surface area contributed by atoms with Crippen molar-refractivity contribution in [1.82, 2.24) is 0 Å². The molecule has 24 heavy (non-hydrogen) atoms. The van der Waals surface area contributed by atoms with E-state index >= 15 is 0 Å². The summed E-state index contributed by atoms with van der Waals surface area (Å²) in [4.78, 5) is 2.22. The number of benzene rings is 4. The Morgan fingerprint density at radius 2 is 1.62 bits per heavy atom. The lowest BCUT2D eigenvalue weighted by Gasteiger charge is -2.11. The van der Waals surface area contributed by atoms with Gasteiger partial charge in [0.15, 0.2) is 0 Å². The van der Waals surface area contributed by atoms with Crippen molar-refractivity contribution in [1.29, 1.82) is 0 Å². The van der Waals surface area contributed by atoms with E-state index in [2.05, 4.69) is 58.4 Å². The fraction of sp³-hybridized carbons (Fsp3) is 0. The number of rotatable bonds is 2. The number of nitrogen functional groups attached to an aromatic ring is 1. The normalized spacial score (nSPS) is 11.2. The van der Waals surface area contributed by atoms with Gasteiger partial charge in [0.05, 0.1) is 0 Å². The number of nitrogens with two attached hydrogens (primary N) is 1. The Kier molecular flexibility index (Phi) is 4.17. The van der Waals surface area contributed by atoms with Crippen LogP contribution in [0.15, 0.2) is 81.0 Å².